The Balaban J connectivity index is 1.59. The molecule has 3 aromatic rings. The number of carbonyl (C=O) groups is 1. The van der Waals surface area contributed by atoms with Crippen LogP contribution in [0.2, 0.25) is 0 Å². The van der Waals surface area contributed by atoms with Gasteiger partial charge in [-0.05, 0) is 42.7 Å². The van der Waals surface area contributed by atoms with Crippen molar-refractivity contribution in [3.63, 3.8) is 0 Å². The molecule has 0 radical (unpaired) electrons. The zero-order valence-electron chi connectivity index (χ0n) is 16.5. The Morgan fingerprint density at radius 3 is 2.86 bits per heavy atom. The minimum absolute atomic E-state index is 0.0341. The van der Waals surface area contributed by atoms with E-state index in [0.29, 0.717) is 33.7 Å². The third-order valence-corrected chi connectivity index (χ3v) is 7.31. The Morgan fingerprint density at radius 1 is 1.24 bits per heavy atom. The molecule has 7 heteroatoms. The minimum atomic E-state index is -0.0341. The summed E-state index contributed by atoms with van der Waals surface area (Å²) in [5.74, 6) is 0.459. The zero-order chi connectivity index (χ0) is 20.2. The molecule has 0 spiro atoms. The minimum Gasteiger partial charge on any atom is -0.339 e. The summed E-state index contributed by atoms with van der Waals surface area (Å²) in [6.07, 6.45) is 4.35. The number of thiophene rings is 1. The monoisotopic (exact) mass is 427 g/mol. The number of likely N-dealkylation sites (tertiary alicyclic amines) is 1. The van der Waals surface area contributed by atoms with Gasteiger partial charge in [0.1, 0.15) is 4.70 Å². The maximum absolute atomic E-state index is 13.1. The molecule has 5 nitrogen and oxygen atoms in total. The highest BCUT2D eigenvalue weighted by Gasteiger charge is 2.25. The lowest BCUT2D eigenvalue weighted by molar-refractivity contribution is -0.132. The van der Waals surface area contributed by atoms with Gasteiger partial charge >= 0.3 is 0 Å². The van der Waals surface area contributed by atoms with Crippen LogP contribution >= 0.6 is 23.1 Å². The maximum Gasteiger partial charge on any atom is 0.272 e. The fourth-order valence-corrected chi connectivity index (χ4v) is 5.56. The molecule has 152 valence electrons. The number of hydrogen-bond acceptors (Lipinski definition) is 5. The fraction of sp³-hybridized carbons (Fsp3) is 0.409. The fourth-order valence-electron chi connectivity index (χ4n) is 3.90. The van der Waals surface area contributed by atoms with E-state index in [1.54, 1.807) is 4.57 Å². The third kappa shape index (κ3) is 4.41. The first-order valence-electron chi connectivity index (χ1n) is 10.1. The molecule has 3 heterocycles. The second kappa shape index (κ2) is 9.13. The molecule has 0 aliphatic carbocycles. The van der Waals surface area contributed by atoms with Gasteiger partial charge in [0.05, 0.1) is 17.8 Å². The Bertz CT molecular complexity index is 1050. The van der Waals surface area contributed by atoms with Crippen molar-refractivity contribution in [2.24, 2.45) is 0 Å². The highest BCUT2D eigenvalue weighted by Crippen LogP contribution is 2.24. The second-order valence-corrected chi connectivity index (χ2v) is 9.20. The summed E-state index contributed by atoms with van der Waals surface area (Å²) < 4.78 is 2.37. The van der Waals surface area contributed by atoms with Crippen LogP contribution in [0.5, 0.6) is 0 Å². The van der Waals surface area contributed by atoms with Crippen molar-refractivity contribution in [3.8, 4) is 0 Å². The summed E-state index contributed by atoms with van der Waals surface area (Å²) in [5.41, 5.74) is 1.72. The standard InChI is InChI=1S/C22H25N3O2S2/c1-2-17-10-6-7-12-24(17)19(26)15-29-22-23-18-11-13-28-20(18)21(27)25(22)14-16-8-4-3-5-9-16/h3-5,8-9,11,13,17H,2,6-7,10,12,14-15H2,1H3/t17-/m0/s1. The van der Waals surface area contributed by atoms with Crippen molar-refractivity contribution >= 4 is 39.2 Å². The van der Waals surface area contributed by atoms with Crippen molar-refractivity contribution in [1.29, 1.82) is 0 Å². The Labute approximate surface area is 178 Å². The molecular formula is C22H25N3O2S2. The van der Waals surface area contributed by atoms with Crippen LogP contribution in [0.4, 0.5) is 0 Å². The highest BCUT2D eigenvalue weighted by atomic mass is 32.2. The van der Waals surface area contributed by atoms with Crippen LogP contribution in [0.3, 0.4) is 0 Å². The molecule has 1 aliphatic rings. The maximum atomic E-state index is 13.1. The Kier molecular flexibility index (Phi) is 6.35. The normalized spacial score (nSPS) is 17.0. The predicted molar refractivity (Wildman–Crippen MR) is 120 cm³/mol. The number of piperidine rings is 1. The van der Waals surface area contributed by atoms with E-state index in [4.69, 9.17) is 4.98 Å². The number of thioether (sulfide) groups is 1. The van der Waals surface area contributed by atoms with Crippen molar-refractivity contribution in [2.75, 3.05) is 12.3 Å². The third-order valence-electron chi connectivity index (χ3n) is 5.46. The molecule has 1 fully saturated rings. The average Bonchev–Trinajstić information content (AvgIpc) is 3.24. The first-order valence-corrected chi connectivity index (χ1v) is 12.0. The number of benzene rings is 1. The molecule has 1 saturated heterocycles. The lowest BCUT2D eigenvalue weighted by atomic mass is 10.0. The van der Waals surface area contributed by atoms with Crippen LogP contribution in [0.1, 0.15) is 38.2 Å². The van der Waals surface area contributed by atoms with Gasteiger partial charge in [0.25, 0.3) is 5.56 Å². The summed E-state index contributed by atoms with van der Waals surface area (Å²) >= 11 is 2.80. The first-order chi connectivity index (χ1) is 14.2. The molecule has 1 aromatic carbocycles. The SMILES string of the molecule is CC[C@H]1CCCCN1C(=O)CSc1nc2ccsc2c(=O)n1Cc1ccccc1. The lowest BCUT2D eigenvalue weighted by Gasteiger charge is -2.35. The van der Waals surface area contributed by atoms with Gasteiger partial charge in [-0.2, -0.15) is 0 Å². The van der Waals surface area contributed by atoms with E-state index in [2.05, 4.69) is 6.92 Å². The lowest BCUT2D eigenvalue weighted by Crippen LogP contribution is -2.44. The van der Waals surface area contributed by atoms with Crippen molar-refractivity contribution in [2.45, 2.75) is 50.4 Å². The second-order valence-electron chi connectivity index (χ2n) is 7.34. The summed E-state index contributed by atoms with van der Waals surface area (Å²) in [7, 11) is 0. The van der Waals surface area contributed by atoms with Gasteiger partial charge in [0, 0.05) is 12.6 Å². The van der Waals surface area contributed by atoms with Crippen molar-refractivity contribution in [1.82, 2.24) is 14.5 Å². The summed E-state index contributed by atoms with van der Waals surface area (Å²) in [6.45, 7) is 3.44. The van der Waals surface area contributed by atoms with E-state index >= 15 is 0 Å². The van der Waals surface area contributed by atoms with Crippen molar-refractivity contribution in [3.05, 3.63) is 57.7 Å². The van der Waals surface area contributed by atoms with E-state index in [1.165, 1.54) is 29.5 Å². The van der Waals surface area contributed by atoms with E-state index < -0.39 is 0 Å². The summed E-state index contributed by atoms with van der Waals surface area (Å²) in [5, 5.41) is 2.51. The van der Waals surface area contributed by atoms with Gasteiger partial charge in [-0.25, -0.2) is 4.98 Å². The molecule has 0 bridgehead atoms. The van der Waals surface area contributed by atoms with Crippen molar-refractivity contribution < 1.29 is 4.79 Å². The van der Waals surface area contributed by atoms with E-state index in [9.17, 15) is 9.59 Å². The number of amides is 1. The van der Waals surface area contributed by atoms with Gasteiger partial charge in [0.2, 0.25) is 5.91 Å². The van der Waals surface area contributed by atoms with Crippen LogP contribution in [0, 0.1) is 0 Å². The number of nitrogens with zero attached hydrogens (tertiary/aromatic N) is 3. The summed E-state index contributed by atoms with van der Waals surface area (Å²) in [4.78, 5) is 32.7. The number of rotatable bonds is 6. The topological polar surface area (TPSA) is 55.2 Å². The molecular weight excluding hydrogens is 402 g/mol. The molecule has 1 aliphatic heterocycles. The Hall–Kier alpha value is -2.12. The zero-order valence-corrected chi connectivity index (χ0v) is 18.2. The molecule has 0 saturated carbocycles. The molecule has 1 atom stereocenters. The number of fused-ring (bicyclic) bond motifs is 1. The van der Waals surface area contributed by atoms with Gasteiger partial charge in [-0.3, -0.25) is 14.2 Å². The van der Waals surface area contributed by atoms with Gasteiger partial charge in [-0.15, -0.1) is 11.3 Å². The molecule has 0 unspecified atom stereocenters. The Morgan fingerprint density at radius 2 is 2.07 bits per heavy atom. The van der Waals surface area contributed by atoms with Crippen LogP contribution in [0.15, 0.2) is 51.7 Å². The van der Waals surface area contributed by atoms with Gasteiger partial charge in [0.15, 0.2) is 5.16 Å². The van der Waals surface area contributed by atoms with E-state index in [-0.39, 0.29) is 11.5 Å². The van der Waals surface area contributed by atoms with Gasteiger partial charge in [-0.1, -0.05) is 49.0 Å². The summed E-state index contributed by atoms with van der Waals surface area (Å²) in [6, 6.07) is 12.1. The van der Waals surface area contributed by atoms with Crippen LogP contribution in [-0.2, 0) is 11.3 Å². The smallest absolute Gasteiger partial charge is 0.272 e. The molecule has 1 amide bonds. The molecule has 2 aromatic heterocycles. The molecule has 4 rings (SSSR count). The van der Waals surface area contributed by atoms with Crippen LogP contribution in [0.25, 0.3) is 10.2 Å². The number of aromatic nitrogens is 2. The van der Waals surface area contributed by atoms with Crippen LogP contribution in [-0.4, -0.2) is 38.7 Å². The van der Waals surface area contributed by atoms with Crippen LogP contribution < -0.4 is 5.56 Å². The van der Waals surface area contributed by atoms with Gasteiger partial charge < -0.3 is 4.90 Å². The van der Waals surface area contributed by atoms with E-state index in [1.807, 2.05) is 46.7 Å². The number of carbonyl (C=O) groups excluding carboxylic acids is 1. The highest BCUT2D eigenvalue weighted by molar-refractivity contribution is 7.99. The van der Waals surface area contributed by atoms with E-state index in [0.717, 1.165) is 31.4 Å². The number of hydrogen-bond donors (Lipinski definition) is 0. The molecule has 0 N–H and O–H groups in total. The molecule has 29 heavy (non-hydrogen) atoms. The largest absolute Gasteiger partial charge is 0.339 e. The predicted octanol–water partition coefficient (Wildman–Crippen LogP) is 4.39. The first kappa shape index (κ1) is 20.2. The quantitative estimate of drug-likeness (QED) is 0.432. The average molecular weight is 428 g/mol.